The van der Waals surface area contributed by atoms with Gasteiger partial charge < -0.3 is 25.6 Å². The third-order valence-electron chi connectivity index (χ3n) is 4.04. The monoisotopic (exact) mass is 340 g/mol. The molecule has 0 atom stereocenters. The number of hydrogen-bond acceptors (Lipinski definition) is 4. The van der Waals surface area contributed by atoms with Crippen molar-refractivity contribution in [3.05, 3.63) is 48.5 Å². The maximum Gasteiger partial charge on any atom is 0.323 e. The highest BCUT2D eigenvalue weighted by Crippen LogP contribution is 2.24. The first kappa shape index (κ1) is 17.1. The van der Waals surface area contributed by atoms with Gasteiger partial charge in [-0.1, -0.05) is 12.1 Å². The number of para-hydroxylation sites is 2. The highest BCUT2D eigenvalue weighted by atomic mass is 16.5. The van der Waals surface area contributed by atoms with E-state index in [0.29, 0.717) is 18.0 Å². The summed E-state index contributed by atoms with van der Waals surface area (Å²) in [6, 6.07) is 15.0. The molecule has 1 saturated heterocycles. The van der Waals surface area contributed by atoms with Crippen molar-refractivity contribution < 1.29 is 9.53 Å². The van der Waals surface area contributed by atoms with E-state index in [-0.39, 0.29) is 6.03 Å². The zero-order chi connectivity index (χ0) is 17.5. The Labute approximate surface area is 148 Å². The Morgan fingerprint density at radius 1 is 1.08 bits per heavy atom. The number of carbonyl (C=O) groups is 1. The zero-order valence-corrected chi connectivity index (χ0v) is 14.4. The lowest BCUT2D eigenvalue weighted by Crippen LogP contribution is -2.43. The first-order valence-corrected chi connectivity index (χ1v) is 8.62. The van der Waals surface area contributed by atoms with E-state index in [9.17, 15) is 4.79 Å². The lowest BCUT2D eigenvalue weighted by atomic mass is 10.2. The van der Waals surface area contributed by atoms with Gasteiger partial charge in [-0.3, -0.25) is 0 Å². The first-order chi connectivity index (χ1) is 12.3. The number of rotatable bonds is 5. The molecule has 0 unspecified atom stereocenters. The summed E-state index contributed by atoms with van der Waals surface area (Å²) in [7, 11) is 0. The molecule has 6 heteroatoms. The SMILES string of the molecule is CCOc1ccccc1NC(=O)Nc1ccc(N2CCNCC2)cc1. The summed E-state index contributed by atoms with van der Waals surface area (Å²) < 4.78 is 5.52. The van der Waals surface area contributed by atoms with Crippen molar-refractivity contribution in [2.75, 3.05) is 48.3 Å². The van der Waals surface area contributed by atoms with Crippen LogP contribution in [0.2, 0.25) is 0 Å². The van der Waals surface area contributed by atoms with Crippen LogP contribution in [0.3, 0.4) is 0 Å². The van der Waals surface area contributed by atoms with Crippen molar-refractivity contribution in [3.8, 4) is 5.75 Å². The van der Waals surface area contributed by atoms with Crippen molar-refractivity contribution in [2.24, 2.45) is 0 Å². The molecule has 1 aliphatic rings. The zero-order valence-electron chi connectivity index (χ0n) is 14.4. The van der Waals surface area contributed by atoms with Crippen LogP contribution in [-0.4, -0.2) is 38.8 Å². The molecule has 0 aromatic heterocycles. The van der Waals surface area contributed by atoms with Crippen LogP contribution < -0.4 is 25.6 Å². The molecule has 2 aromatic carbocycles. The van der Waals surface area contributed by atoms with E-state index in [1.165, 1.54) is 5.69 Å². The molecule has 3 rings (SSSR count). The number of anilines is 3. The average molecular weight is 340 g/mol. The summed E-state index contributed by atoms with van der Waals surface area (Å²) in [6.07, 6.45) is 0. The van der Waals surface area contributed by atoms with Gasteiger partial charge in [-0.25, -0.2) is 4.79 Å². The van der Waals surface area contributed by atoms with E-state index >= 15 is 0 Å². The lowest BCUT2D eigenvalue weighted by molar-refractivity contribution is 0.262. The molecule has 1 heterocycles. The molecular formula is C19H24N4O2. The Morgan fingerprint density at radius 3 is 2.52 bits per heavy atom. The fourth-order valence-corrected chi connectivity index (χ4v) is 2.81. The summed E-state index contributed by atoms with van der Waals surface area (Å²) in [5.41, 5.74) is 2.58. The molecule has 1 fully saturated rings. The van der Waals surface area contributed by atoms with Crippen molar-refractivity contribution in [2.45, 2.75) is 6.92 Å². The molecule has 0 radical (unpaired) electrons. The number of amides is 2. The van der Waals surface area contributed by atoms with Gasteiger partial charge in [-0.15, -0.1) is 0 Å². The molecular weight excluding hydrogens is 316 g/mol. The molecule has 3 N–H and O–H groups in total. The maximum atomic E-state index is 12.2. The number of benzene rings is 2. The highest BCUT2D eigenvalue weighted by Gasteiger charge is 2.11. The fraction of sp³-hybridized carbons (Fsp3) is 0.316. The number of ether oxygens (including phenoxy) is 1. The van der Waals surface area contributed by atoms with Crippen LogP contribution in [0.4, 0.5) is 21.9 Å². The standard InChI is InChI=1S/C19H24N4O2/c1-2-25-18-6-4-3-5-17(18)22-19(24)21-15-7-9-16(10-8-15)23-13-11-20-12-14-23/h3-10,20H,2,11-14H2,1H3,(H2,21,22,24). The number of carbonyl (C=O) groups excluding carboxylic acids is 1. The second kappa shape index (κ2) is 8.39. The van der Waals surface area contributed by atoms with Crippen LogP contribution in [-0.2, 0) is 0 Å². The van der Waals surface area contributed by atoms with E-state index in [4.69, 9.17) is 4.74 Å². The number of piperazine rings is 1. The van der Waals surface area contributed by atoms with Crippen LogP contribution in [0, 0.1) is 0 Å². The molecule has 1 aliphatic heterocycles. The third kappa shape index (κ3) is 4.64. The Morgan fingerprint density at radius 2 is 1.80 bits per heavy atom. The molecule has 0 spiro atoms. The van der Waals surface area contributed by atoms with E-state index in [1.807, 2.05) is 55.5 Å². The minimum atomic E-state index is -0.290. The molecule has 6 nitrogen and oxygen atoms in total. The van der Waals surface area contributed by atoms with Gasteiger partial charge in [0.05, 0.1) is 12.3 Å². The largest absolute Gasteiger partial charge is 0.492 e. The van der Waals surface area contributed by atoms with Gasteiger partial charge in [0.25, 0.3) is 0 Å². The third-order valence-corrected chi connectivity index (χ3v) is 4.04. The lowest BCUT2D eigenvalue weighted by Gasteiger charge is -2.29. The van der Waals surface area contributed by atoms with Crippen molar-refractivity contribution in [3.63, 3.8) is 0 Å². The summed E-state index contributed by atoms with van der Waals surface area (Å²) in [6.45, 7) is 6.47. The van der Waals surface area contributed by atoms with Gasteiger partial charge >= 0.3 is 6.03 Å². The van der Waals surface area contributed by atoms with Crippen molar-refractivity contribution in [1.82, 2.24) is 5.32 Å². The number of nitrogens with one attached hydrogen (secondary N) is 3. The molecule has 2 aromatic rings. The highest BCUT2D eigenvalue weighted by molar-refractivity contribution is 6.00. The van der Waals surface area contributed by atoms with Gasteiger partial charge in [0, 0.05) is 37.6 Å². The van der Waals surface area contributed by atoms with Crippen LogP contribution >= 0.6 is 0 Å². The predicted octanol–water partition coefficient (Wildman–Crippen LogP) is 3.14. The molecule has 2 amide bonds. The normalized spacial score (nSPS) is 14.0. The van der Waals surface area contributed by atoms with Crippen LogP contribution in [0.15, 0.2) is 48.5 Å². The maximum absolute atomic E-state index is 12.2. The Kier molecular flexibility index (Phi) is 5.74. The number of hydrogen-bond donors (Lipinski definition) is 3. The molecule has 0 aliphatic carbocycles. The quantitative estimate of drug-likeness (QED) is 0.782. The van der Waals surface area contributed by atoms with E-state index in [0.717, 1.165) is 31.9 Å². The van der Waals surface area contributed by atoms with Crippen LogP contribution in [0.1, 0.15) is 6.92 Å². The van der Waals surface area contributed by atoms with Gasteiger partial charge in [0.2, 0.25) is 0 Å². The van der Waals surface area contributed by atoms with Gasteiger partial charge in [-0.2, -0.15) is 0 Å². The molecule has 132 valence electrons. The first-order valence-electron chi connectivity index (χ1n) is 8.62. The van der Waals surface area contributed by atoms with Crippen molar-refractivity contribution in [1.29, 1.82) is 0 Å². The second-order valence-electron chi connectivity index (χ2n) is 5.79. The second-order valence-corrected chi connectivity index (χ2v) is 5.79. The number of nitrogens with zero attached hydrogens (tertiary/aromatic N) is 1. The molecule has 25 heavy (non-hydrogen) atoms. The topological polar surface area (TPSA) is 65.6 Å². The van der Waals surface area contributed by atoms with E-state index < -0.39 is 0 Å². The molecule has 0 bridgehead atoms. The van der Waals surface area contributed by atoms with Gasteiger partial charge in [-0.05, 0) is 43.3 Å². The summed E-state index contributed by atoms with van der Waals surface area (Å²) >= 11 is 0. The Hall–Kier alpha value is -2.73. The number of urea groups is 1. The smallest absolute Gasteiger partial charge is 0.323 e. The predicted molar refractivity (Wildman–Crippen MR) is 102 cm³/mol. The van der Waals surface area contributed by atoms with E-state index in [1.54, 1.807) is 0 Å². The fourth-order valence-electron chi connectivity index (χ4n) is 2.81. The Balaban J connectivity index is 1.59. The Bertz CT molecular complexity index is 697. The summed E-state index contributed by atoms with van der Waals surface area (Å²) in [5, 5.41) is 9.02. The summed E-state index contributed by atoms with van der Waals surface area (Å²) in [5.74, 6) is 0.661. The van der Waals surface area contributed by atoms with Gasteiger partial charge in [0.15, 0.2) is 0 Å². The van der Waals surface area contributed by atoms with E-state index in [2.05, 4.69) is 20.9 Å². The van der Waals surface area contributed by atoms with Crippen LogP contribution in [0.25, 0.3) is 0 Å². The minimum Gasteiger partial charge on any atom is -0.492 e. The van der Waals surface area contributed by atoms with Gasteiger partial charge in [0.1, 0.15) is 5.75 Å². The average Bonchev–Trinajstić information content (AvgIpc) is 2.65. The molecule has 0 saturated carbocycles. The summed E-state index contributed by atoms with van der Waals surface area (Å²) in [4.78, 5) is 14.6. The van der Waals surface area contributed by atoms with Crippen molar-refractivity contribution >= 4 is 23.1 Å². The van der Waals surface area contributed by atoms with Crippen LogP contribution in [0.5, 0.6) is 5.75 Å². The minimum absolute atomic E-state index is 0.290.